The summed E-state index contributed by atoms with van der Waals surface area (Å²) in [6, 6.07) is 0.238. The summed E-state index contributed by atoms with van der Waals surface area (Å²) >= 11 is 0. The average molecular weight is 306 g/mol. The zero-order valence-corrected chi connectivity index (χ0v) is 13.4. The van der Waals surface area contributed by atoms with E-state index >= 15 is 0 Å². The average Bonchev–Trinajstić information content (AvgIpc) is 2.54. The van der Waals surface area contributed by atoms with E-state index < -0.39 is 5.97 Å². The number of rotatable bonds is 6. The van der Waals surface area contributed by atoms with Gasteiger partial charge in [0.05, 0.1) is 12.7 Å². The van der Waals surface area contributed by atoms with E-state index in [-0.39, 0.29) is 23.4 Å². The molecule has 22 heavy (non-hydrogen) atoms. The highest BCUT2D eigenvalue weighted by Gasteiger charge is 2.24. The number of nitrogens with two attached hydrogens (primary N) is 1. The van der Waals surface area contributed by atoms with E-state index in [1.807, 2.05) is 13.0 Å². The van der Waals surface area contributed by atoms with Crippen molar-refractivity contribution >= 4 is 11.9 Å². The van der Waals surface area contributed by atoms with Crippen LogP contribution in [0.2, 0.25) is 0 Å². The minimum Gasteiger partial charge on any atom is -0.465 e. The van der Waals surface area contributed by atoms with Gasteiger partial charge in [-0.25, -0.2) is 4.79 Å². The number of hydrogen-bond donors (Lipinski definition) is 2. The van der Waals surface area contributed by atoms with Gasteiger partial charge >= 0.3 is 5.97 Å². The zero-order chi connectivity index (χ0) is 16.5. The number of carbonyl (C=O) groups is 2. The lowest BCUT2D eigenvalue weighted by molar-refractivity contribution is -0.135. The molecule has 0 bridgehead atoms. The third kappa shape index (κ3) is 5.85. The van der Waals surface area contributed by atoms with Crippen molar-refractivity contribution in [3.8, 4) is 0 Å². The molecule has 1 saturated carbocycles. The molecule has 1 aliphatic rings. The number of nitrogens with one attached hydrogen (secondary N) is 1. The molecule has 1 aliphatic carbocycles. The fourth-order valence-corrected chi connectivity index (χ4v) is 2.38. The van der Waals surface area contributed by atoms with Crippen LogP contribution in [-0.4, -0.2) is 31.6 Å². The molecule has 0 unspecified atom stereocenters. The number of carbonyl (C=O) groups excluding carboxylic acids is 2. The van der Waals surface area contributed by atoms with Crippen molar-refractivity contribution in [3.63, 3.8) is 0 Å². The molecule has 5 nitrogen and oxygen atoms in total. The smallest absolute Gasteiger partial charge is 0.337 e. The number of amides is 1. The largest absolute Gasteiger partial charge is 0.465 e. The van der Waals surface area contributed by atoms with Gasteiger partial charge in [-0.05, 0) is 44.3 Å². The molecule has 1 rings (SSSR count). The maximum Gasteiger partial charge on any atom is 0.337 e. The molecule has 0 spiro atoms. The molecule has 0 aromatic rings. The summed E-state index contributed by atoms with van der Waals surface area (Å²) in [4.78, 5) is 23.4. The van der Waals surface area contributed by atoms with Crippen molar-refractivity contribution in [1.29, 1.82) is 0 Å². The van der Waals surface area contributed by atoms with E-state index in [1.54, 1.807) is 12.2 Å². The highest BCUT2D eigenvalue weighted by Crippen LogP contribution is 2.23. The maximum atomic E-state index is 12.1. The second-order valence-corrected chi connectivity index (χ2v) is 5.54. The van der Waals surface area contributed by atoms with Gasteiger partial charge in [-0.1, -0.05) is 18.7 Å². The third-order valence-electron chi connectivity index (χ3n) is 3.93. The Morgan fingerprint density at radius 2 is 1.91 bits per heavy atom. The second-order valence-electron chi connectivity index (χ2n) is 5.54. The van der Waals surface area contributed by atoms with Gasteiger partial charge in [-0.15, -0.1) is 0 Å². The summed E-state index contributed by atoms with van der Waals surface area (Å²) in [5, 5.41) is 2.94. The lowest BCUT2D eigenvalue weighted by atomic mass is 9.86. The van der Waals surface area contributed by atoms with Crippen molar-refractivity contribution in [1.82, 2.24) is 5.32 Å². The summed E-state index contributed by atoms with van der Waals surface area (Å²) in [5.41, 5.74) is 7.03. The van der Waals surface area contributed by atoms with Gasteiger partial charge in [0.2, 0.25) is 5.91 Å². The van der Waals surface area contributed by atoms with Crippen LogP contribution >= 0.6 is 0 Å². The molecule has 0 aromatic heterocycles. The molecular weight excluding hydrogens is 280 g/mol. The molecule has 0 aliphatic heterocycles. The first kappa shape index (κ1) is 18.2. The van der Waals surface area contributed by atoms with Gasteiger partial charge in [-0.3, -0.25) is 4.79 Å². The van der Waals surface area contributed by atoms with Gasteiger partial charge in [0, 0.05) is 18.5 Å². The van der Waals surface area contributed by atoms with Crippen molar-refractivity contribution in [2.45, 2.75) is 38.6 Å². The van der Waals surface area contributed by atoms with Crippen LogP contribution in [0.15, 0.2) is 36.0 Å². The summed E-state index contributed by atoms with van der Waals surface area (Å²) in [6.45, 7) is 5.93. The number of hydrogen-bond acceptors (Lipinski definition) is 4. The van der Waals surface area contributed by atoms with Crippen LogP contribution in [0, 0.1) is 5.92 Å². The minimum absolute atomic E-state index is 0.0620. The predicted molar refractivity (Wildman–Crippen MR) is 87.0 cm³/mol. The van der Waals surface area contributed by atoms with Gasteiger partial charge in [0.1, 0.15) is 0 Å². The molecule has 122 valence electrons. The zero-order valence-electron chi connectivity index (χ0n) is 13.4. The number of ether oxygens (including phenoxy) is 1. The van der Waals surface area contributed by atoms with Crippen molar-refractivity contribution < 1.29 is 14.3 Å². The van der Waals surface area contributed by atoms with E-state index in [0.717, 1.165) is 31.3 Å². The fraction of sp³-hybridized carbons (Fsp3) is 0.529. The monoisotopic (exact) mass is 306 g/mol. The van der Waals surface area contributed by atoms with Crippen molar-refractivity contribution in [2.75, 3.05) is 13.7 Å². The Morgan fingerprint density at radius 3 is 2.45 bits per heavy atom. The van der Waals surface area contributed by atoms with Crippen LogP contribution in [0.25, 0.3) is 0 Å². The fourth-order valence-electron chi connectivity index (χ4n) is 2.38. The van der Waals surface area contributed by atoms with Crippen LogP contribution in [0.5, 0.6) is 0 Å². The Labute approximate surface area is 132 Å². The molecule has 1 amide bonds. The van der Waals surface area contributed by atoms with Crippen LogP contribution < -0.4 is 11.1 Å². The molecule has 0 saturated heterocycles. The summed E-state index contributed by atoms with van der Waals surface area (Å²) in [7, 11) is 1.31. The Balaban J connectivity index is 2.44. The van der Waals surface area contributed by atoms with Crippen molar-refractivity contribution in [3.05, 3.63) is 36.0 Å². The first-order valence-electron chi connectivity index (χ1n) is 7.61. The van der Waals surface area contributed by atoms with E-state index in [1.165, 1.54) is 7.11 Å². The molecule has 5 heteroatoms. The molecule has 0 atom stereocenters. The normalized spacial score (nSPS) is 22.4. The topological polar surface area (TPSA) is 81.4 Å². The van der Waals surface area contributed by atoms with E-state index in [4.69, 9.17) is 5.73 Å². The maximum absolute atomic E-state index is 12.1. The molecule has 3 N–H and O–H groups in total. The van der Waals surface area contributed by atoms with Crippen LogP contribution in [0.3, 0.4) is 0 Å². The Morgan fingerprint density at radius 1 is 1.27 bits per heavy atom. The van der Waals surface area contributed by atoms with Gasteiger partial charge in [0.15, 0.2) is 0 Å². The molecule has 0 heterocycles. The number of allylic oxidation sites excluding steroid dienone is 1. The highest BCUT2D eigenvalue weighted by molar-refractivity contribution is 5.90. The third-order valence-corrected chi connectivity index (χ3v) is 3.93. The van der Waals surface area contributed by atoms with E-state index in [9.17, 15) is 9.59 Å². The van der Waals surface area contributed by atoms with Crippen LogP contribution in [0.1, 0.15) is 32.6 Å². The van der Waals surface area contributed by atoms with Gasteiger partial charge in [0.25, 0.3) is 0 Å². The van der Waals surface area contributed by atoms with E-state index in [0.29, 0.717) is 6.54 Å². The minimum atomic E-state index is -0.464. The summed E-state index contributed by atoms with van der Waals surface area (Å²) in [6.07, 6.45) is 8.77. The SMILES string of the molecule is C=C(/C=C\C(=C/C)CNC(=O)C1CCC(N)CC1)C(=O)OC. The van der Waals surface area contributed by atoms with Crippen LogP contribution in [0.4, 0.5) is 0 Å². The molecular formula is C17H26N2O3. The first-order valence-corrected chi connectivity index (χ1v) is 7.61. The molecule has 0 aromatic carbocycles. The van der Waals surface area contributed by atoms with Gasteiger partial charge < -0.3 is 15.8 Å². The molecule has 1 fully saturated rings. The predicted octanol–water partition coefficient (Wildman–Crippen LogP) is 1.85. The highest BCUT2D eigenvalue weighted by atomic mass is 16.5. The summed E-state index contributed by atoms with van der Waals surface area (Å²) in [5.74, 6) is -0.326. The standard InChI is InChI=1S/C17H26N2O3/c1-4-13(6-5-12(2)17(21)22-3)11-19-16(20)14-7-9-15(18)10-8-14/h4-6,14-15H,2,7-11,18H2,1,3H3,(H,19,20)/b6-5-,13-4+. The van der Waals surface area contributed by atoms with Crippen LogP contribution in [-0.2, 0) is 14.3 Å². The van der Waals surface area contributed by atoms with Gasteiger partial charge in [-0.2, -0.15) is 0 Å². The lowest BCUT2D eigenvalue weighted by Crippen LogP contribution is -2.36. The molecule has 0 radical (unpaired) electrons. The number of methoxy groups -OCH3 is 1. The lowest BCUT2D eigenvalue weighted by Gasteiger charge is -2.25. The quantitative estimate of drug-likeness (QED) is 0.446. The van der Waals surface area contributed by atoms with E-state index in [2.05, 4.69) is 16.6 Å². The Bertz CT molecular complexity index is 472. The Kier molecular flexibility index (Phi) is 7.60. The second kappa shape index (κ2) is 9.20. The van der Waals surface area contributed by atoms with Crippen molar-refractivity contribution in [2.24, 2.45) is 11.7 Å². The first-order chi connectivity index (χ1) is 10.5. The number of esters is 1. The Hall–Kier alpha value is -1.88. The summed E-state index contributed by atoms with van der Waals surface area (Å²) < 4.78 is 4.57.